The molecule has 3 heterocycles. The Labute approximate surface area is 151 Å². The predicted molar refractivity (Wildman–Crippen MR) is 92.1 cm³/mol. The molecule has 0 amide bonds. The van der Waals surface area contributed by atoms with Crippen LogP contribution in [-0.4, -0.2) is 51.7 Å². The van der Waals surface area contributed by atoms with Crippen LogP contribution >= 0.6 is 0 Å². The Morgan fingerprint density at radius 3 is 2.42 bits per heavy atom. The number of benzene rings is 1. The highest BCUT2D eigenvalue weighted by Gasteiger charge is 2.31. The Balaban J connectivity index is 0.000000206. The van der Waals surface area contributed by atoms with Gasteiger partial charge in [-0.05, 0) is 30.7 Å². The minimum Gasteiger partial charge on any atom is -0.394 e. The number of aliphatic hydroxyl groups excluding tert-OH is 1. The number of aromatic nitrogens is 2. The lowest BCUT2D eigenvalue weighted by atomic mass is 10.1. The molecule has 0 aliphatic carbocycles. The van der Waals surface area contributed by atoms with Crippen LogP contribution in [0.25, 0.3) is 0 Å². The first-order chi connectivity index (χ1) is 12.5. The summed E-state index contributed by atoms with van der Waals surface area (Å²) in [7, 11) is 0. The van der Waals surface area contributed by atoms with Gasteiger partial charge in [0, 0.05) is 36.9 Å². The number of aliphatic hydroxyl groups is 1. The highest BCUT2D eigenvalue weighted by Crippen LogP contribution is 2.26. The summed E-state index contributed by atoms with van der Waals surface area (Å²) in [6, 6.07) is 4.88. The Morgan fingerprint density at radius 1 is 1.15 bits per heavy atom. The second-order valence-corrected chi connectivity index (χ2v) is 6.62. The van der Waals surface area contributed by atoms with E-state index in [0.29, 0.717) is 19.2 Å². The molecule has 142 valence electrons. The first-order valence-corrected chi connectivity index (χ1v) is 8.69. The molecule has 3 N–H and O–H groups in total. The molecule has 1 fully saturated rings. The van der Waals surface area contributed by atoms with Crippen LogP contribution in [0.3, 0.4) is 0 Å². The fraction of sp³-hybridized carbons (Fsp3) is 0.500. The highest BCUT2D eigenvalue weighted by atomic mass is 19.1. The molecule has 2 aliphatic heterocycles. The summed E-state index contributed by atoms with van der Waals surface area (Å²) in [6.07, 6.45) is 3.04. The van der Waals surface area contributed by atoms with E-state index in [-0.39, 0.29) is 12.6 Å². The lowest BCUT2D eigenvalue weighted by molar-refractivity contribution is 0.00498. The van der Waals surface area contributed by atoms with Gasteiger partial charge in [0.25, 0.3) is 0 Å². The van der Waals surface area contributed by atoms with Gasteiger partial charge in [0.15, 0.2) is 0 Å². The summed E-state index contributed by atoms with van der Waals surface area (Å²) < 4.78 is 31.2. The number of ether oxygens (including phenoxy) is 1. The van der Waals surface area contributed by atoms with Crippen molar-refractivity contribution < 1.29 is 18.6 Å². The number of fused-ring (bicyclic) bond motifs is 1. The zero-order valence-electron chi connectivity index (χ0n) is 14.5. The van der Waals surface area contributed by atoms with Gasteiger partial charge in [0.2, 0.25) is 0 Å². The van der Waals surface area contributed by atoms with E-state index in [2.05, 4.69) is 10.00 Å². The summed E-state index contributed by atoms with van der Waals surface area (Å²) >= 11 is 0. The van der Waals surface area contributed by atoms with Gasteiger partial charge >= 0.3 is 0 Å². The van der Waals surface area contributed by atoms with Gasteiger partial charge in [-0.2, -0.15) is 5.10 Å². The molecule has 1 aromatic heterocycles. The monoisotopic (exact) mass is 366 g/mol. The first-order valence-electron chi connectivity index (χ1n) is 8.69. The molecule has 8 heteroatoms. The van der Waals surface area contributed by atoms with E-state index in [1.165, 1.54) is 5.56 Å². The zero-order chi connectivity index (χ0) is 18.5. The fourth-order valence-electron chi connectivity index (χ4n) is 3.24. The van der Waals surface area contributed by atoms with E-state index in [4.69, 9.17) is 15.6 Å². The van der Waals surface area contributed by atoms with E-state index in [1.54, 1.807) is 0 Å². The third kappa shape index (κ3) is 4.85. The summed E-state index contributed by atoms with van der Waals surface area (Å²) in [5.74, 6) is -0.821. The molecule has 2 aromatic rings. The van der Waals surface area contributed by atoms with Crippen LogP contribution in [0.1, 0.15) is 17.7 Å². The largest absolute Gasteiger partial charge is 0.394 e. The number of nitrogens with two attached hydrogens (primary N) is 1. The maximum atomic E-state index is 11.9. The predicted octanol–water partition coefficient (Wildman–Crippen LogP) is 1.27. The van der Waals surface area contributed by atoms with E-state index >= 15 is 0 Å². The van der Waals surface area contributed by atoms with Gasteiger partial charge in [-0.15, -0.1) is 0 Å². The standard InChI is InChI=1S/C12H20N4O2.C6H4F2/c13-10-3-11(8-18-7-10)15-4-9-5-16(1-2-17)14-12(9)6-15;7-5-1-2-6(8)4-3-5/h5,10-11,17H,1-4,6-8,13H2;1-4H/t10-,11+;/m0./s1. The normalized spacial score (nSPS) is 22.6. The summed E-state index contributed by atoms with van der Waals surface area (Å²) in [4.78, 5) is 2.39. The van der Waals surface area contributed by atoms with Crippen molar-refractivity contribution in [3.05, 3.63) is 53.4 Å². The van der Waals surface area contributed by atoms with E-state index in [1.807, 2.05) is 10.9 Å². The van der Waals surface area contributed by atoms with Crippen molar-refractivity contribution in [2.75, 3.05) is 19.8 Å². The van der Waals surface area contributed by atoms with Crippen molar-refractivity contribution in [3.63, 3.8) is 0 Å². The van der Waals surface area contributed by atoms with Gasteiger partial charge in [0.1, 0.15) is 11.6 Å². The average molecular weight is 366 g/mol. The molecule has 26 heavy (non-hydrogen) atoms. The van der Waals surface area contributed by atoms with Crippen molar-refractivity contribution in [2.45, 2.75) is 38.1 Å². The molecule has 0 saturated carbocycles. The maximum absolute atomic E-state index is 11.9. The smallest absolute Gasteiger partial charge is 0.123 e. The van der Waals surface area contributed by atoms with Crippen molar-refractivity contribution >= 4 is 0 Å². The van der Waals surface area contributed by atoms with Crippen molar-refractivity contribution in [1.29, 1.82) is 0 Å². The van der Waals surface area contributed by atoms with Crippen LogP contribution in [0.4, 0.5) is 8.78 Å². The molecule has 2 atom stereocenters. The molecule has 1 saturated heterocycles. The van der Waals surface area contributed by atoms with Crippen LogP contribution < -0.4 is 5.73 Å². The number of halogens is 2. The van der Waals surface area contributed by atoms with E-state index < -0.39 is 11.6 Å². The van der Waals surface area contributed by atoms with Crippen LogP contribution in [0.2, 0.25) is 0 Å². The molecule has 0 spiro atoms. The summed E-state index contributed by atoms with van der Waals surface area (Å²) in [6.45, 7) is 3.95. The molecule has 2 aliphatic rings. The van der Waals surface area contributed by atoms with Crippen LogP contribution in [0.15, 0.2) is 30.5 Å². The molecule has 0 radical (unpaired) electrons. The Kier molecular flexibility index (Phi) is 6.31. The molecular weight excluding hydrogens is 342 g/mol. The average Bonchev–Trinajstić information content (AvgIpc) is 3.17. The molecule has 4 rings (SSSR count). The third-order valence-electron chi connectivity index (χ3n) is 4.52. The number of hydrogen-bond donors (Lipinski definition) is 2. The van der Waals surface area contributed by atoms with Crippen LogP contribution in [-0.2, 0) is 24.4 Å². The number of nitrogens with zero attached hydrogens (tertiary/aromatic N) is 3. The number of rotatable bonds is 3. The number of hydrogen-bond acceptors (Lipinski definition) is 5. The molecule has 0 bridgehead atoms. The second-order valence-electron chi connectivity index (χ2n) is 6.62. The first kappa shape index (κ1) is 18.9. The molecule has 1 aromatic carbocycles. The SMILES string of the molecule is Fc1ccc(F)cc1.N[C@@H]1COC[C@H](N2Cc3cn(CCO)nc3C2)C1. The minimum absolute atomic E-state index is 0.135. The Morgan fingerprint density at radius 2 is 1.85 bits per heavy atom. The summed E-state index contributed by atoms with van der Waals surface area (Å²) in [5, 5.41) is 13.4. The van der Waals surface area contributed by atoms with Crippen LogP contribution in [0.5, 0.6) is 0 Å². The minimum atomic E-state index is -0.411. The quantitative estimate of drug-likeness (QED) is 0.856. The van der Waals surface area contributed by atoms with Crippen molar-refractivity contribution in [3.8, 4) is 0 Å². The van der Waals surface area contributed by atoms with Gasteiger partial charge in [0.05, 0.1) is 32.1 Å². The van der Waals surface area contributed by atoms with Gasteiger partial charge < -0.3 is 15.6 Å². The topological polar surface area (TPSA) is 76.5 Å². The van der Waals surface area contributed by atoms with Gasteiger partial charge in [-0.1, -0.05) is 0 Å². The zero-order valence-corrected chi connectivity index (χ0v) is 14.5. The Hall–Kier alpha value is -1.87. The van der Waals surface area contributed by atoms with E-state index in [0.717, 1.165) is 56.1 Å². The lowest BCUT2D eigenvalue weighted by Crippen LogP contribution is -2.46. The summed E-state index contributed by atoms with van der Waals surface area (Å²) in [5.41, 5.74) is 8.33. The van der Waals surface area contributed by atoms with Crippen LogP contribution in [0, 0.1) is 11.6 Å². The lowest BCUT2D eigenvalue weighted by Gasteiger charge is -2.33. The maximum Gasteiger partial charge on any atom is 0.123 e. The molecule has 0 unspecified atom stereocenters. The second kappa shape index (κ2) is 8.68. The third-order valence-corrected chi connectivity index (χ3v) is 4.52. The van der Waals surface area contributed by atoms with Crippen molar-refractivity contribution in [2.24, 2.45) is 5.73 Å². The van der Waals surface area contributed by atoms with Gasteiger partial charge in [-0.25, -0.2) is 8.78 Å². The molecular formula is C18H24F2N4O2. The fourth-order valence-corrected chi connectivity index (χ4v) is 3.24. The van der Waals surface area contributed by atoms with E-state index in [9.17, 15) is 8.78 Å². The Bertz CT molecular complexity index is 663. The molecule has 6 nitrogen and oxygen atoms in total. The van der Waals surface area contributed by atoms with Gasteiger partial charge in [-0.3, -0.25) is 9.58 Å². The highest BCUT2D eigenvalue weighted by molar-refractivity contribution is 5.22. The van der Waals surface area contributed by atoms with Crippen molar-refractivity contribution in [1.82, 2.24) is 14.7 Å².